The fourth-order valence-corrected chi connectivity index (χ4v) is 2.14. The summed E-state index contributed by atoms with van der Waals surface area (Å²) in [5.74, 6) is -4.71. The average molecular weight is 474 g/mol. The first-order valence-electron chi connectivity index (χ1n) is 8.70. The molecule has 0 aromatic heterocycles. The van der Waals surface area contributed by atoms with E-state index in [1.807, 2.05) is 30.3 Å². The molecular weight excluding hydrogens is 450 g/mol. The standard InChI is InChI=1S/C10H16N2O8.C8H10O2.2Na/c13-7(14)3-11(4-8(15)16)1-2-12(5-9(17)18)6-10(19)20;9-6-7-10-8-4-2-1-3-5-8;;/h1-6H2,(H,13,14)(H,15,16)(H,17,18)(H,19,20);1-5,9H,6-7H2;;/q;;2*+1/p-2. The number of carboxylic acids is 4. The Morgan fingerprint density at radius 2 is 1.19 bits per heavy atom. The van der Waals surface area contributed by atoms with Crippen LogP contribution in [-0.2, 0) is 19.2 Å². The van der Waals surface area contributed by atoms with Crippen LogP contribution in [-0.4, -0.2) is 101 Å². The number of carbonyl (C=O) groups is 4. The number of carbonyl (C=O) groups excluding carboxylic acids is 2. The first-order chi connectivity index (χ1) is 14.1. The van der Waals surface area contributed by atoms with Gasteiger partial charge in [0.2, 0.25) is 0 Å². The van der Waals surface area contributed by atoms with Crippen molar-refractivity contribution in [2.45, 2.75) is 0 Å². The summed E-state index contributed by atoms with van der Waals surface area (Å²) in [7, 11) is 0. The number of para-hydroxylation sites is 1. The van der Waals surface area contributed by atoms with E-state index in [4.69, 9.17) is 20.1 Å². The Labute approximate surface area is 229 Å². The Balaban J connectivity index is -0.000000591. The number of aliphatic hydroxyl groups excluding tert-OH is 1. The van der Waals surface area contributed by atoms with E-state index in [0.29, 0.717) is 6.61 Å². The summed E-state index contributed by atoms with van der Waals surface area (Å²) in [5, 5.41) is 46.4. The molecule has 0 atom stereocenters. The monoisotopic (exact) mass is 474 g/mol. The summed E-state index contributed by atoms with van der Waals surface area (Å²) in [4.78, 5) is 43.9. The fourth-order valence-electron chi connectivity index (χ4n) is 2.14. The zero-order valence-corrected chi connectivity index (χ0v) is 22.1. The van der Waals surface area contributed by atoms with Gasteiger partial charge >= 0.3 is 71.1 Å². The Kier molecular flexibility index (Phi) is 23.9. The van der Waals surface area contributed by atoms with Crippen molar-refractivity contribution in [2.24, 2.45) is 0 Å². The maximum atomic E-state index is 10.5. The predicted molar refractivity (Wildman–Crippen MR) is 97.2 cm³/mol. The molecular formula is C18H24N2Na2O10. The van der Waals surface area contributed by atoms with E-state index in [1.54, 1.807) is 0 Å². The van der Waals surface area contributed by atoms with E-state index in [9.17, 15) is 29.4 Å². The van der Waals surface area contributed by atoms with Crippen LogP contribution in [0.1, 0.15) is 0 Å². The summed E-state index contributed by atoms with van der Waals surface area (Å²) < 4.78 is 5.11. The Hall–Kier alpha value is -1.22. The molecule has 0 radical (unpaired) electrons. The minimum absolute atomic E-state index is 0. The number of rotatable bonds is 14. The molecule has 12 nitrogen and oxygen atoms in total. The van der Waals surface area contributed by atoms with Crippen molar-refractivity contribution in [3.05, 3.63) is 30.3 Å². The molecule has 0 fully saturated rings. The van der Waals surface area contributed by atoms with Crippen LogP contribution < -0.4 is 74.1 Å². The number of ether oxygens (including phenoxy) is 1. The van der Waals surface area contributed by atoms with Gasteiger partial charge in [-0.15, -0.1) is 0 Å². The second-order valence-electron chi connectivity index (χ2n) is 5.84. The summed E-state index contributed by atoms with van der Waals surface area (Å²) in [6.07, 6.45) is 0. The summed E-state index contributed by atoms with van der Waals surface area (Å²) in [5.41, 5.74) is 0. The second-order valence-corrected chi connectivity index (χ2v) is 5.84. The molecule has 1 rings (SSSR count). The van der Waals surface area contributed by atoms with Crippen LogP contribution >= 0.6 is 0 Å². The molecule has 0 bridgehead atoms. The van der Waals surface area contributed by atoms with E-state index in [1.165, 1.54) is 0 Å². The molecule has 14 heteroatoms. The quantitative estimate of drug-likeness (QED) is 0.216. The Morgan fingerprint density at radius 3 is 1.53 bits per heavy atom. The molecule has 1 aromatic carbocycles. The minimum atomic E-state index is -1.51. The van der Waals surface area contributed by atoms with Crippen LogP contribution in [0.2, 0.25) is 0 Å². The Morgan fingerprint density at radius 1 is 0.781 bits per heavy atom. The number of aliphatic carboxylic acids is 4. The molecule has 32 heavy (non-hydrogen) atoms. The van der Waals surface area contributed by atoms with Gasteiger partial charge in [-0.2, -0.15) is 0 Å². The van der Waals surface area contributed by atoms with E-state index < -0.39 is 50.1 Å². The third-order valence-electron chi connectivity index (χ3n) is 3.26. The molecule has 0 saturated carbocycles. The zero-order valence-electron chi connectivity index (χ0n) is 18.1. The molecule has 0 heterocycles. The van der Waals surface area contributed by atoms with Crippen molar-refractivity contribution >= 4 is 23.9 Å². The molecule has 168 valence electrons. The summed E-state index contributed by atoms with van der Waals surface area (Å²) in [6.45, 7) is -2.32. The first-order valence-corrected chi connectivity index (χ1v) is 8.70. The third kappa shape index (κ3) is 22.0. The van der Waals surface area contributed by atoms with E-state index in [-0.39, 0.29) is 78.8 Å². The van der Waals surface area contributed by atoms with Crippen molar-refractivity contribution < 1.29 is 109 Å². The van der Waals surface area contributed by atoms with Crippen molar-refractivity contribution in [1.82, 2.24) is 9.80 Å². The number of benzene rings is 1. The topological polar surface area (TPSA) is 191 Å². The van der Waals surface area contributed by atoms with Gasteiger partial charge < -0.3 is 39.9 Å². The van der Waals surface area contributed by atoms with Gasteiger partial charge in [0.15, 0.2) is 0 Å². The predicted octanol–water partition coefficient (Wildman–Crippen LogP) is -9.67. The van der Waals surface area contributed by atoms with Gasteiger partial charge in [0.1, 0.15) is 12.4 Å². The fraction of sp³-hybridized carbons (Fsp3) is 0.444. The van der Waals surface area contributed by atoms with Gasteiger partial charge in [0, 0.05) is 26.2 Å². The van der Waals surface area contributed by atoms with Crippen LogP contribution in [0.5, 0.6) is 5.75 Å². The van der Waals surface area contributed by atoms with Gasteiger partial charge in [0.05, 0.1) is 31.6 Å². The number of nitrogens with zero attached hydrogens (tertiary/aromatic N) is 2. The zero-order chi connectivity index (χ0) is 22.9. The number of aliphatic hydroxyl groups is 1. The smallest absolute Gasteiger partial charge is 0.549 e. The van der Waals surface area contributed by atoms with Crippen molar-refractivity contribution in [3.8, 4) is 5.75 Å². The number of carboxylic acid groups (broad SMARTS) is 4. The maximum absolute atomic E-state index is 10.5. The first kappa shape index (κ1) is 35.4. The SMILES string of the molecule is O=C([O-])CN(CCN(CC(=O)O)CC(=O)O)CC(=O)[O-].OCCOc1ccccc1.[Na+].[Na+]. The number of hydrogen-bond acceptors (Lipinski definition) is 10. The third-order valence-corrected chi connectivity index (χ3v) is 3.26. The number of hydrogen-bond donors (Lipinski definition) is 3. The molecule has 0 unspecified atom stereocenters. The van der Waals surface area contributed by atoms with Crippen LogP contribution in [0, 0.1) is 0 Å². The van der Waals surface area contributed by atoms with E-state index in [0.717, 1.165) is 15.5 Å². The largest absolute Gasteiger partial charge is 1.00 e. The molecule has 0 aliphatic rings. The molecule has 1 aromatic rings. The van der Waals surface area contributed by atoms with Gasteiger partial charge in [-0.25, -0.2) is 0 Å². The Bertz CT molecular complexity index is 611. The van der Waals surface area contributed by atoms with Crippen LogP contribution in [0.15, 0.2) is 30.3 Å². The molecule has 0 spiro atoms. The molecule has 0 amide bonds. The van der Waals surface area contributed by atoms with Crippen molar-refractivity contribution in [3.63, 3.8) is 0 Å². The van der Waals surface area contributed by atoms with Crippen molar-refractivity contribution in [2.75, 3.05) is 52.5 Å². The maximum Gasteiger partial charge on any atom is 1.00 e. The molecule has 0 aliphatic carbocycles. The molecule has 0 aliphatic heterocycles. The van der Waals surface area contributed by atoms with Crippen molar-refractivity contribution in [1.29, 1.82) is 0 Å². The van der Waals surface area contributed by atoms with Gasteiger partial charge in [0.25, 0.3) is 0 Å². The summed E-state index contributed by atoms with van der Waals surface area (Å²) in [6, 6.07) is 9.43. The van der Waals surface area contributed by atoms with Crippen LogP contribution in [0.25, 0.3) is 0 Å². The average Bonchev–Trinajstić information content (AvgIpc) is 2.64. The summed E-state index contributed by atoms with van der Waals surface area (Å²) >= 11 is 0. The normalized spacial score (nSPS) is 9.59. The van der Waals surface area contributed by atoms with E-state index >= 15 is 0 Å². The van der Waals surface area contributed by atoms with Gasteiger partial charge in [-0.3, -0.25) is 19.4 Å². The van der Waals surface area contributed by atoms with Crippen LogP contribution in [0.4, 0.5) is 0 Å². The van der Waals surface area contributed by atoms with Gasteiger partial charge in [-0.05, 0) is 12.1 Å². The minimum Gasteiger partial charge on any atom is -0.549 e. The molecule has 0 saturated heterocycles. The molecule has 3 N–H and O–H groups in total. The van der Waals surface area contributed by atoms with E-state index in [2.05, 4.69) is 0 Å². The second kappa shape index (κ2) is 21.6. The van der Waals surface area contributed by atoms with Gasteiger partial charge in [-0.1, -0.05) is 18.2 Å². The van der Waals surface area contributed by atoms with Crippen LogP contribution in [0.3, 0.4) is 0 Å².